The number of ether oxygens (including phenoxy) is 2. The summed E-state index contributed by atoms with van der Waals surface area (Å²) in [7, 11) is 1.20. The van der Waals surface area contributed by atoms with Gasteiger partial charge in [-0.3, -0.25) is 9.59 Å². The molecular formula is C26H19ClN2O6. The van der Waals surface area contributed by atoms with Crippen molar-refractivity contribution in [2.75, 3.05) is 17.3 Å². The summed E-state index contributed by atoms with van der Waals surface area (Å²) < 4.78 is 10.1. The van der Waals surface area contributed by atoms with Crippen LogP contribution in [0, 0.1) is 6.92 Å². The van der Waals surface area contributed by atoms with Gasteiger partial charge in [0.25, 0.3) is 11.8 Å². The summed E-state index contributed by atoms with van der Waals surface area (Å²) in [6.07, 6.45) is 0. The van der Waals surface area contributed by atoms with Gasteiger partial charge in [-0.1, -0.05) is 41.4 Å². The maximum atomic E-state index is 13.1. The molecule has 0 atom stereocenters. The summed E-state index contributed by atoms with van der Waals surface area (Å²) in [5.74, 6) is -2.35. The topological polar surface area (TPSA) is 102 Å². The minimum absolute atomic E-state index is 0.0406. The first-order valence-corrected chi connectivity index (χ1v) is 10.8. The molecular weight excluding hydrogens is 472 g/mol. The molecule has 0 radical (unpaired) electrons. The molecule has 176 valence electrons. The molecule has 0 unspecified atom stereocenters. The molecule has 1 aliphatic heterocycles. The molecule has 0 saturated heterocycles. The molecule has 1 aliphatic rings. The molecule has 0 saturated carbocycles. The van der Waals surface area contributed by atoms with Crippen molar-refractivity contribution in [3.63, 3.8) is 0 Å². The van der Waals surface area contributed by atoms with E-state index in [4.69, 9.17) is 21.1 Å². The van der Waals surface area contributed by atoms with Crippen molar-refractivity contribution in [1.82, 2.24) is 0 Å². The Labute approximate surface area is 205 Å². The average Bonchev–Trinajstić information content (AvgIpc) is 3.08. The van der Waals surface area contributed by atoms with E-state index in [1.807, 2.05) is 19.1 Å². The second-order valence-electron chi connectivity index (χ2n) is 7.55. The van der Waals surface area contributed by atoms with Crippen LogP contribution >= 0.6 is 11.6 Å². The van der Waals surface area contributed by atoms with Gasteiger partial charge in [0.05, 0.1) is 23.9 Å². The zero-order valence-electron chi connectivity index (χ0n) is 18.7. The summed E-state index contributed by atoms with van der Waals surface area (Å²) in [4.78, 5) is 51.2. The quantitative estimate of drug-likeness (QED) is 0.309. The lowest BCUT2D eigenvalue weighted by atomic mass is 10.1. The van der Waals surface area contributed by atoms with Crippen molar-refractivity contribution >= 4 is 46.7 Å². The van der Waals surface area contributed by atoms with Crippen molar-refractivity contribution in [2.45, 2.75) is 6.92 Å². The van der Waals surface area contributed by atoms with Gasteiger partial charge in [-0.25, -0.2) is 14.5 Å². The number of amides is 2. The molecule has 35 heavy (non-hydrogen) atoms. The molecule has 0 aliphatic carbocycles. The number of nitrogens with zero attached hydrogens (tertiary/aromatic N) is 1. The molecule has 9 heteroatoms. The van der Waals surface area contributed by atoms with Crippen LogP contribution in [0.15, 0.2) is 83.5 Å². The molecule has 8 nitrogen and oxygen atoms in total. The SMILES string of the molecule is COC(=O)c1ccccc1N1C(=O)C(Cl)=C(Nc2ccc(C(=O)Oc3ccc(C)cc3)cc2)C1=O. The third-order valence-corrected chi connectivity index (χ3v) is 5.55. The lowest BCUT2D eigenvalue weighted by Gasteiger charge is -2.17. The van der Waals surface area contributed by atoms with Gasteiger partial charge < -0.3 is 14.8 Å². The summed E-state index contributed by atoms with van der Waals surface area (Å²) >= 11 is 6.18. The lowest BCUT2D eigenvalue weighted by Crippen LogP contribution is -2.33. The number of hydrogen-bond acceptors (Lipinski definition) is 7. The number of hydrogen-bond donors (Lipinski definition) is 1. The minimum Gasteiger partial charge on any atom is -0.465 e. The van der Waals surface area contributed by atoms with Crippen molar-refractivity contribution < 1.29 is 28.7 Å². The van der Waals surface area contributed by atoms with E-state index in [1.165, 1.54) is 31.4 Å². The van der Waals surface area contributed by atoms with Crippen LogP contribution < -0.4 is 15.0 Å². The lowest BCUT2D eigenvalue weighted by molar-refractivity contribution is -0.120. The highest BCUT2D eigenvalue weighted by atomic mass is 35.5. The molecule has 3 aromatic carbocycles. The highest BCUT2D eigenvalue weighted by molar-refractivity contribution is 6.53. The molecule has 2 amide bonds. The van der Waals surface area contributed by atoms with Gasteiger partial charge in [0.2, 0.25) is 0 Å². The van der Waals surface area contributed by atoms with E-state index in [9.17, 15) is 19.2 Å². The smallest absolute Gasteiger partial charge is 0.343 e. The van der Waals surface area contributed by atoms with Gasteiger partial charge in [0.15, 0.2) is 0 Å². The van der Waals surface area contributed by atoms with Crippen LogP contribution in [-0.2, 0) is 14.3 Å². The fraction of sp³-hybridized carbons (Fsp3) is 0.0769. The van der Waals surface area contributed by atoms with Gasteiger partial charge in [-0.05, 0) is 55.5 Å². The maximum absolute atomic E-state index is 13.1. The molecule has 0 spiro atoms. The summed E-state index contributed by atoms with van der Waals surface area (Å²) in [6.45, 7) is 1.93. The Bertz CT molecular complexity index is 1360. The third kappa shape index (κ3) is 4.78. The highest BCUT2D eigenvalue weighted by Crippen LogP contribution is 2.32. The summed E-state index contributed by atoms with van der Waals surface area (Å²) in [5.41, 5.74) is 1.68. The first-order chi connectivity index (χ1) is 16.8. The number of benzene rings is 3. The first kappa shape index (κ1) is 23.7. The van der Waals surface area contributed by atoms with Crippen LogP contribution in [-0.4, -0.2) is 30.9 Å². The summed E-state index contributed by atoms with van der Waals surface area (Å²) in [5, 5.41) is 2.49. The fourth-order valence-corrected chi connectivity index (χ4v) is 3.60. The molecule has 0 fully saturated rings. The van der Waals surface area contributed by atoms with E-state index in [0.29, 0.717) is 17.0 Å². The molecule has 4 rings (SSSR count). The summed E-state index contributed by atoms with van der Waals surface area (Å²) in [6, 6.07) is 19.2. The molecule has 0 bridgehead atoms. The number of anilines is 2. The first-order valence-electron chi connectivity index (χ1n) is 10.4. The van der Waals surface area contributed by atoms with Crippen LogP contribution in [0.2, 0.25) is 0 Å². The number of halogens is 1. The monoisotopic (exact) mass is 490 g/mol. The Hall–Kier alpha value is -4.43. The van der Waals surface area contributed by atoms with Gasteiger partial charge in [-0.2, -0.15) is 0 Å². The van der Waals surface area contributed by atoms with Crippen molar-refractivity contribution in [1.29, 1.82) is 0 Å². The average molecular weight is 491 g/mol. The fourth-order valence-electron chi connectivity index (χ4n) is 3.39. The normalized spacial score (nSPS) is 13.2. The number of aryl methyl sites for hydroxylation is 1. The van der Waals surface area contributed by atoms with E-state index in [-0.39, 0.29) is 22.0 Å². The van der Waals surface area contributed by atoms with E-state index in [0.717, 1.165) is 10.5 Å². The van der Waals surface area contributed by atoms with Crippen LogP contribution in [0.5, 0.6) is 5.75 Å². The molecule has 1 heterocycles. The van der Waals surface area contributed by atoms with E-state index in [1.54, 1.807) is 36.4 Å². The Kier molecular flexibility index (Phi) is 6.66. The van der Waals surface area contributed by atoms with Crippen LogP contribution in [0.4, 0.5) is 11.4 Å². The zero-order chi connectivity index (χ0) is 25.1. The number of carbonyl (C=O) groups is 4. The zero-order valence-corrected chi connectivity index (χ0v) is 19.5. The standard InChI is InChI=1S/C26H19ClN2O6/c1-15-7-13-18(14-8-15)35-25(32)16-9-11-17(12-10-16)28-22-21(27)23(30)29(24(22)31)20-6-4-3-5-19(20)26(33)34-2/h3-14,28H,1-2H3. The number of methoxy groups -OCH3 is 1. The minimum atomic E-state index is -0.784. The Morgan fingerprint density at radius 1 is 0.857 bits per heavy atom. The second-order valence-corrected chi connectivity index (χ2v) is 7.93. The number of rotatable bonds is 6. The number of para-hydroxylation sites is 1. The third-order valence-electron chi connectivity index (χ3n) is 5.20. The maximum Gasteiger partial charge on any atom is 0.343 e. The van der Waals surface area contributed by atoms with Gasteiger partial charge in [0.1, 0.15) is 16.5 Å². The van der Waals surface area contributed by atoms with Crippen LogP contribution in [0.3, 0.4) is 0 Å². The van der Waals surface area contributed by atoms with E-state index in [2.05, 4.69) is 5.32 Å². The van der Waals surface area contributed by atoms with Gasteiger partial charge in [0, 0.05) is 5.69 Å². The van der Waals surface area contributed by atoms with Crippen LogP contribution in [0.1, 0.15) is 26.3 Å². The molecule has 1 N–H and O–H groups in total. The highest BCUT2D eigenvalue weighted by Gasteiger charge is 2.40. The molecule has 3 aromatic rings. The van der Waals surface area contributed by atoms with Crippen LogP contribution in [0.25, 0.3) is 0 Å². The van der Waals surface area contributed by atoms with Gasteiger partial charge >= 0.3 is 11.9 Å². The van der Waals surface area contributed by atoms with E-state index < -0.39 is 23.8 Å². The Morgan fingerprint density at radius 2 is 1.51 bits per heavy atom. The number of carbonyl (C=O) groups excluding carboxylic acids is 4. The predicted octanol–water partition coefficient (Wildman–Crippen LogP) is 4.44. The predicted molar refractivity (Wildman–Crippen MR) is 129 cm³/mol. The van der Waals surface area contributed by atoms with Crippen molar-refractivity contribution in [3.05, 3.63) is 100 Å². The number of nitrogens with one attached hydrogen (secondary N) is 1. The number of esters is 2. The Morgan fingerprint density at radius 3 is 2.17 bits per heavy atom. The molecule has 0 aromatic heterocycles. The van der Waals surface area contributed by atoms with Crippen molar-refractivity contribution in [2.24, 2.45) is 0 Å². The Balaban J connectivity index is 1.51. The van der Waals surface area contributed by atoms with E-state index >= 15 is 0 Å². The van der Waals surface area contributed by atoms with Gasteiger partial charge in [-0.15, -0.1) is 0 Å². The largest absolute Gasteiger partial charge is 0.465 e. The second kappa shape index (κ2) is 9.82. The van der Waals surface area contributed by atoms with Crippen molar-refractivity contribution in [3.8, 4) is 5.75 Å². The number of imide groups is 1.